The Kier molecular flexibility index (Phi) is 5.72. The van der Waals surface area contributed by atoms with Crippen molar-refractivity contribution < 1.29 is 22.7 Å². The van der Waals surface area contributed by atoms with Crippen LogP contribution in [-0.4, -0.2) is 19.2 Å². The Morgan fingerprint density at radius 3 is 2.74 bits per heavy atom. The zero-order chi connectivity index (χ0) is 14.3. The summed E-state index contributed by atoms with van der Waals surface area (Å²) in [7, 11) is 0. The second-order valence-corrected chi connectivity index (χ2v) is 3.49. The molecule has 1 aromatic carbocycles. The summed E-state index contributed by atoms with van der Waals surface area (Å²) in [6.07, 6.45) is 1.80. The number of rotatable bonds is 6. The van der Waals surface area contributed by atoms with Crippen LogP contribution in [0.3, 0.4) is 0 Å². The summed E-state index contributed by atoms with van der Waals surface area (Å²) in [6.45, 7) is 4.01. The molecule has 104 valence electrons. The molecule has 1 aromatic rings. The van der Waals surface area contributed by atoms with E-state index in [-0.39, 0.29) is 6.54 Å². The van der Waals surface area contributed by atoms with Gasteiger partial charge in [0.2, 0.25) is 0 Å². The van der Waals surface area contributed by atoms with Gasteiger partial charge in [0.05, 0.1) is 18.6 Å². The first-order valence-corrected chi connectivity index (χ1v) is 5.47. The standard InChI is InChI=1S/C12H13F3N2O2/c1-2-19-7-3-6-16-12(18)17-9-5-4-8(13)10(14)11(9)15/h2,4-5H,1,3,6-7H2,(H2,16,17,18). The predicted octanol–water partition coefficient (Wildman–Crippen LogP) is 2.78. The minimum Gasteiger partial charge on any atom is -0.502 e. The van der Waals surface area contributed by atoms with Crippen LogP contribution in [0.5, 0.6) is 0 Å². The minimum atomic E-state index is -1.63. The van der Waals surface area contributed by atoms with Crippen molar-refractivity contribution in [1.29, 1.82) is 0 Å². The third-order valence-corrected chi connectivity index (χ3v) is 2.13. The maximum atomic E-state index is 13.2. The molecular formula is C12H13F3N2O2. The van der Waals surface area contributed by atoms with Crippen LogP contribution in [0.1, 0.15) is 6.42 Å². The molecule has 0 heterocycles. The lowest BCUT2D eigenvalue weighted by atomic mass is 10.3. The molecule has 0 atom stereocenters. The fraction of sp³-hybridized carbons (Fsp3) is 0.250. The first-order chi connectivity index (χ1) is 9.06. The van der Waals surface area contributed by atoms with E-state index >= 15 is 0 Å². The van der Waals surface area contributed by atoms with Gasteiger partial charge in [0.1, 0.15) is 0 Å². The Morgan fingerprint density at radius 1 is 1.32 bits per heavy atom. The highest BCUT2D eigenvalue weighted by molar-refractivity contribution is 5.89. The molecule has 0 aromatic heterocycles. The summed E-state index contributed by atoms with van der Waals surface area (Å²) in [6, 6.07) is 0.948. The number of carbonyl (C=O) groups excluding carboxylic acids is 1. The van der Waals surface area contributed by atoms with E-state index in [2.05, 4.69) is 17.2 Å². The largest absolute Gasteiger partial charge is 0.502 e. The van der Waals surface area contributed by atoms with Crippen molar-refractivity contribution in [2.24, 2.45) is 0 Å². The topological polar surface area (TPSA) is 50.4 Å². The lowest BCUT2D eigenvalue weighted by Gasteiger charge is -2.08. The number of anilines is 1. The van der Waals surface area contributed by atoms with Crippen molar-refractivity contribution >= 4 is 11.7 Å². The van der Waals surface area contributed by atoms with Crippen molar-refractivity contribution in [3.8, 4) is 0 Å². The fourth-order valence-corrected chi connectivity index (χ4v) is 1.23. The first-order valence-electron chi connectivity index (χ1n) is 5.47. The quantitative estimate of drug-likeness (QED) is 0.476. The molecule has 0 saturated heterocycles. The third kappa shape index (κ3) is 4.53. The molecule has 0 aliphatic heterocycles. The number of nitrogens with one attached hydrogen (secondary N) is 2. The predicted molar refractivity (Wildman–Crippen MR) is 64.1 cm³/mol. The van der Waals surface area contributed by atoms with Gasteiger partial charge >= 0.3 is 6.03 Å². The lowest BCUT2D eigenvalue weighted by molar-refractivity contribution is 0.238. The zero-order valence-electron chi connectivity index (χ0n) is 10.0. The molecule has 1 rings (SSSR count). The minimum absolute atomic E-state index is 0.283. The molecule has 19 heavy (non-hydrogen) atoms. The SMILES string of the molecule is C=COCCCNC(=O)Nc1ccc(F)c(F)c1F. The molecular weight excluding hydrogens is 261 g/mol. The van der Waals surface area contributed by atoms with E-state index in [1.54, 1.807) is 0 Å². The van der Waals surface area contributed by atoms with Gasteiger partial charge in [-0.1, -0.05) is 6.58 Å². The third-order valence-electron chi connectivity index (χ3n) is 2.13. The van der Waals surface area contributed by atoms with Crippen LogP contribution >= 0.6 is 0 Å². The summed E-state index contributed by atoms with van der Waals surface area (Å²) < 4.78 is 43.6. The normalized spacial score (nSPS) is 9.84. The van der Waals surface area contributed by atoms with Gasteiger partial charge in [0.25, 0.3) is 0 Å². The summed E-state index contributed by atoms with van der Waals surface area (Å²) in [5.74, 6) is -4.38. The number of ether oxygens (including phenoxy) is 1. The fourth-order valence-electron chi connectivity index (χ4n) is 1.23. The molecule has 0 aliphatic carbocycles. The smallest absolute Gasteiger partial charge is 0.319 e. The molecule has 0 spiro atoms. The summed E-state index contributed by atoms with van der Waals surface area (Å²) in [5, 5.41) is 4.48. The Labute approximate surface area is 108 Å². The van der Waals surface area contributed by atoms with Crippen molar-refractivity contribution in [3.63, 3.8) is 0 Å². The van der Waals surface area contributed by atoms with Gasteiger partial charge in [-0.15, -0.1) is 0 Å². The number of urea groups is 1. The number of hydrogen-bond acceptors (Lipinski definition) is 2. The Morgan fingerprint density at radius 2 is 2.05 bits per heavy atom. The second kappa shape index (κ2) is 7.30. The van der Waals surface area contributed by atoms with Crippen molar-refractivity contribution in [3.05, 3.63) is 42.4 Å². The highest BCUT2D eigenvalue weighted by atomic mass is 19.2. The van der Waals surface area contributed by atoms with E-state index in [1.807, 2.05) is 0 Å². The molecule has 0 fully saturated rings. The van der Waals surface area contributed by atoms with Crippen LogP contribution < -0.4 is 10.6 Å². The molecule has 0 radical (unpaired) electrons. The first kappa shape index (κ1) is 14.9. The van der Waals surface area contributed by atoms with E-state index in [4.69, 9.17) is 4.74 Å². The Balaban J connectivity index is 2.44. The summed E-state index contributed by atoms with van der Waals surface area (Å²) in [4.78, 5) is 11.3. The highest BCUT2D eigenvalue weighted by Crippen LogP contribution is 2.19. The molecule has 4 nitrogen and oxygen atoms in total. The molecule has 0 bridgehead atoms. The van der Waals surface area contributed by atoms with Crippen molar-refractivity contribution in [1.82, 2.24) is 5.32 Å². The van der Waals surface area contributed by atoms with Gasteiger partial charge < -0.3 is 15.4 Å². The number of carbonyl (C=O) groups is 1. The van der Waals surface area contributed by atoms with Crippen LogP contribution in [0.15, 0.2) is 25.0 Å². The number of amides is 2. The Bertz CT molecular complexity index is 467. The maximum Gasteiger partial charge on any atom is 0.319 e. The van der Waals surface area contributed by atoms with E-state index in [0.717, 1.165) is 12.1 Å². The van der Waals surface area contributed by atoms with E-state index in [0.29, 0.717) is 13.0 Å². The molecule has 7 heteroatoms. The maximum absolute atomic E-state index is 13.2. The van der Waals surface area contributed by atoms with E-state index in [1.165, 1.54) is 6.26 Å². The van der Waals surface area contributed by atoms with Crippen molar-refractivity contribution in [2.45, 2.75) is 6.42 Å². The van der Waals surface area contributed by atoms with Crippen LogP contribution in [0.25, 0.3) is 0 Å². The van der Waals surface area contributed by atoms with Gasteiger partial charge in [-0.25, -0.2) is 18.0 Å². The molecule has 2 N–H and O–H groups in total. The van der Waals surface area contributed by atoms with Gasteiger partial charge in [-0.3, -0.25) is 0 Å². The van der Waals surface area contributed by atoms with Crippen LogP contribution in [0.2, 0.25) is 0 Å². The number of hydrogen-bond donors (Lipinski definition) is 2. The van der Waals surface area contributed by atoms with Gasteiger partial charge in [-0.05, 0) is 18.6 Å². The average Bonchev–Trinajstić information content (AvgIpc) is 2.39. The van der Waals surface area contributed by atoms with Gasteiger partial charge in [-0.2, -0.15) is 0 Å². The van der Waals surface area contributed by atoms with Gasteiger partial charge in [0.15, 0.2) is 17.5 Å². The van der Waals surface area contributed by atoms with Gasteiger partial charge in [0, 0.05) is 6.54 Å². The monoisotopic (exact) mass is 274 g/mol. The molecule has 0 aliphatic rings. The van der Waals surface area contributed by atoms with E-state index < -0.39 is 29.2 Å². The lowest BCUT2D eigenvalue weighted by Crippen LogP contribution is -2.30. The number of halogens is 3. The van der Waals surface area contributed by atoms with Crippen LogP contribution in [0.4, 0.5) is 23.7 Å². The number of benzene rings is 1. The molecule has 2 amide bonds. The highest BCUT2D eigenvalue weighted by Gasteiger charge is 2.14. The molecule has 0 saturated carbocycles. The summed E-state index contributed by atoms with van der Waals surface area (Å²) >= 11 is 0. The Hall–Kier alpha value is -2.18. The van der Waals surface area contributed by atoms with Crippen LogP contribution in [0, 0.1) is 17.5 Å². The van der Waals surface area contributed by atoms with E-state index in [9.17, 15) is 18.0 Å². The zero-order valence-corrected chi connectivity index (χ0v) is 10.0. The summed E-state index contributed by atoms with van der Waals surface area (Å²) in [5.41, 5.74) is -0.432. The molecule has 0 unspecified atom stereocenters. The van der Waals surface area contributed by atoms with Crippen LogP contribution in [-0.2, 0) is 4.74 Å². The second-order valence-electron chi connectivity index (χ2n) is 3.49. The average molecular weight is 274 g/mol. The van der Waals surface area contributed by atoms with Crippen molar-refractivity contribution in [2.75, 3.05) is 18.5 Å².